The smallest absolute Gasteiger partial charge is 0.160 e. The summed E-state index contributed by atoms with van der Waals surface area (Å²) in [5, 5.41) is 13.1. The first-order valence-corrected chi connectivity index (χ1v) is 13.9. The average Bonchev–Trinajstić information content (AvgIpc) is 3.09. The van der Waals surface area contributed by atoms with Crippen molar-refractivity contribution in [3.05, 3.63) is 39.4 Å². The van der Waals surface area contributed by atoms with Crippen LogP contribution in [0, 0.1) is 0 Å². The molecule has 0 N–H and O–H groups in total. The predicted octanol–water partition coefficient (Wildman–Crippen LogP) is 3.39. The SMILES string of the molecule is CCC(=O)C1=C(c2ccc(Cl)c(Cl)c2)CC2CCC1N2CCCN(CC[S-])CC([O-])=NCC[S-].[O-2].[Re]. The van der Waals surface area contributed by atoms with E-state index in [4.69, 9.17) is 48.5 Å². The van der Waals surface area contributed by atoms with Crippen molar-refractivity contribution in [3.63, 3.8) is 0 Å². The second kappa shape index (κ2) is 16.8. The molecule has 1 fully saturated rings. The molecule has 6 nitrogen and oxygen atoms in total. The molecule has 1 aromatic carbocycles. The van der Waals surface area contributed by atoms with Gasteiger partial charge in [-0.05, 0) is 67.9 Å². The summed E-state index contributed by atoms with van der Waals surface area (Å²) in [5.74, 6) is 1.12. The van der Waals surface area contributed by atoms with Gasteiger partial charge in [-0.15, -0.1) is 0 Å². The molecule has 0 amide bonds. The fourth-order valence-electron chi connectivity index (χ4n) is 5.14. The summed E-state index contributed by atoms with van der Waals surface area (Å²) in [7, 11) is 0. The molecule has 2 bridgehead atoms. The topological polar surface area (TPSA) is 87.5 Å². The molecule has 2 unspecified atom stereocenters. The maximum atomic E-state index is 13.1. The Hall–Kier alpha value is -0.0777. The Balaban J connectivity index is 0.00000324. The number of Topliss-reactive ketones (excluding diaryl/α,β-unsaturated/α-hetero) is 1. The molecule has 203 valence electrons. The first-order chi connectivity index (χ1) is 16.4. The number of hydrogen-bond donors (Lipinski definition) is 0. The molecule has 2 heterocycles. The minimum absolute atomic E-state index is 0. The van der Waals surface area contributed by atoms with Crippen molar-refractivity contribution in [2.24, 2.45) is 4.99 Å². The number of rotatable bonds is 13. The molecule has 0 spiro atoms. The van der Waals surface area contributed by atoms with Gasteiger partial charge in [0.1, 0.15) is 0 Å². The second-order valence-corrected chi connectivity index (χ2v) is 10.4. The Morgan fingerprint density at radius 3 is 2.58 bits per heavy atom. The first kappa shape index (κ1) is 34.0. The molecule has 36 heavy (non-hydrogen) atoms. The molecule has 1 aromatic rings. The van der Waals surface area contributed by atoms with Crippen LogP contribution in [0.3, 0.4) is 0 Å². The van der Waals surface area contributed by atoms with Crippen molar-refractivity contribution in [2.45, 2.75) is 51.1 Å². The van der Waals surface area contributed by atoms with E-state index in [0.29, 0.717) is 53.6 Å². The van der Waals surface area contributed by atoms with Crippen molar-refractivity contribution in [1.82, 2.24) is 9.80 Å². The fraction of sp³-hybridized carbons (Fsp3) is 0.600. The van der Waals surface area contributed by atoms with E-state index >= 15 is 0 Å². The fourth-order valence-corrected chi connectivity index (χ4v) is 5.79. The zero-order valence-electron chi connectivity index (χ0n) is 20.4. The molecule has 0 saturated carbocycles. The number of halogens is 2. The van der Waals surface area contributed by atoms with E-state index in [1.54, 1.807) is 0 Å². The van der Waals surface area contributed by atoms with E-state index < -0.39 is 0 Å². The second-order valence-electron chi connectivity index (χ2n) is 8.80. The number of aliphatic imine (C=N–C) groups is 1. The third-order valence-corrected chi connectivity index (χ3v) is 7.77. The van der Waals surface area contributed by atoms with Gasteiger partial charge < -0.3 is 45.7 Å². The summed E-state index contributed by atoms with van der Waals surface area (Å²) in [6, 6.07) is 6.20. The minimum Gasteiger partial charge on any atom is -2.00 e. The number of carbonyl (C=O) groups is 1. The summed E-state index contributed by atoms with van der Waals surface area (Å²) in [6.07, 6.45) is 4.29. The standard InChI is InChI=1S/C25H35Cl2N3O2S2.O.Re/c1-2-23(31)25-19(17-4-6-20(26)21(27)14-17)15-18-5-7-22(25)30(18)10-3-9-29(11-13-34)16-24(32)28-8-12-33;;/h4,6,14,18,22,33-34H,2-3,5,7-13,15-16H2,1H3,(H,28,32);;/q;-2;/p-3. The summed E-state index contributed by atoms with van der Waals surface area (Å²) in [6.45, 7) is 4.97. The van der Waals surface area contributed by atoms with Gasteiger partial charge in [0.25, 0.3) is 0 Å². The van der Waals surface area contributed by atoms with Crippen LogP contribution in [0.4, 0.5) is 0 Å². The average molecular weight is 744 g/mol. The Morgan fingerprint density at radius 2 is 1.94 bits per heavy atom. The van der Waals surface area contributed by atoms with Crippen LogP contribution in [-0.2, 0) is 56.0 Å². The van der Waals surface area contributed by atoms with Crippen molar-refractivity contribution in [3.8, 4) is 0 Å². The van der Waals surface area contributed by atoms with Crippen molar-refractivity contribution < 1.29 is 35.8 Å². The molecule has 2 aliphatic rings. The van der Waals surface area contributed by atoms with Gasteiger partial charge in [-0.25, -0.2) is 0 Å². The van der Waals surface area contributed by atoms with Crippen LogP contribution in [0.25, 0.3) is 5.57 Å². The molecule has 1 radical (unpaired) electrons. The quantitative estimate of drug-likeness (QED) is 0.175. The van der Waals surface area contributed by atoms with E-state index in [9.17, 15) is 9.90 Å². The first-order valence-electron chi connectivity index (χ1n) is 12.0. The summed E-state index contributed by atoms with van der Waals surface area (Å²) in [5.41, 5.74) is 3.06. The number of ketones is 1. The zero-order chi connectivity index (χ0) is 24.7. The van der Waals surface area contributed by atoms with Gasteiger partial charge in [-0.3, -0.25) is 9.69 Å². The van der Waals surface area contributed by atoms with Gasteiger partial charge in [-0.1, -0.05) is 36.2 Å². The Kier molecular flexibility index (Phi) is 15.8. The third kappa shape index (κ3) is 8.72. The third-order valence-electron chi connectivity index (χ3n) is 6.67. The van der Waals surface area contributed by atoms with Gasteiger partial charge in [0.2, 0.25) is 0 Å². The minimum atomic E-state index is -0.128. The largest absolute Gasteiger partial charge is 2.00 e. The number of carbonyl (C=O) groups excluding carboxylic acids is 1. The summed E-state index contributed by atoms with van der Waals surface area (Å²) >= 11 is 22.5. The maximum Gasteiger partial charge on any atom is 0.160 e. The monoisotopic (exact) mass is 743 g/mol. The number of nitrogens with zero attached hydrogens (tertiary/aromatic N) is 3. The molecule has 0 aromatic heterocycles. The van der Waals surface area contributed by atoms with Crippen molar-refractivity contribution in [1.29, 1.82) is 0 Å². The molecule has 3 rings (SSSR count). The van der Waals surface area contributed by atoms with Crippen LogP contribution in [-0.4, -0.2) is 77.8 Å². The molecular weight excluding hydrogens is 712 g/mol. The van der Waals surface area contributed by atoms with Crippen molar-refractivity contribution in [2.75, 3.05) is 44.2 Å². The van der Waals surface area contributed by atoms with Gasteiger partial charge in [0.15, 0.2) is 5.78 Å². The Labute approximate surface area is 249 Å². The van der Waals surface area contributed by atoms with Gasteiger partial charge in [-0.2, -0.15) is 11.5 Å². The van der Waals surface area contributed by atoms with Crippen LogP contribution in [0.1, 0.15) is 44.6 Å². The van der Waals surface area contributed by atoms with E-state index in [-0.39, 0.29) is 43.6 Å². The van der Waals surface area contributed by atoms with Crippen LogP contribution in [0.5, 0.6) is 0 Å². The normalized spacial score (nSPS) is 19.9. The van der Waals surface area contributed by atoms with E-state index in [2.05, 4.69) is 14.8 Å². The van der Waals surface area contributed by atoms with Crippen LogP contribution < -0.4 is 5.11 Å². The number of benzene rings is 1. The predicted molar refractivity (Wildman–Crippen MR) is 145 cm³/mol. The van der Waals surface area contributed by atoms with Crippen molar-refractivity contribution >= 4 is 65.7 Å². The van der Waals surface area contributed by atoms with Crippen LogP contribution in [0.2, 0.25) is 10.0 Å². The molecular formula is C25H32Cl2N3O3ReS2-5. The zero-order valence-corrected chi connectivity index (χ0v) is 26.2. The van der Waals surface area contributed by atoms with Gasteiger partial charge in [0.05, 0.1) is 10.0 Å². The molecule has 2 atom stereocenters. The molecule has 2 aliphatic heterocycles. The molecule has 11 heteroatoms. The Morgan fingerprint density at radius 1 is 1.19 bits per heavy atom. The summed E-state index contributed by atoms with van der Waals surface area (Å²) in [4.78, 5) is 21.7. The number of hydrogen-bond acceptors (Lipinski definition) is 7. The molecule has 0 aliphatic carbocycles. The van der Waals surface area contributed by atoms with E-state index in [1.165, 1.54) is 0 Å². The Bertz CT molecular complexity index is 936. The summed E-state index contributed by atoms with van der Waals surface area (Å²) < 4.78 is 0. The maximum absolute atomic E-state index is 13.1. The van der Waals surface area contributed by atoms with Gasteiger partial charge in [0, 0.05) is 64.1 Å². The van der Waals surface area contributed by atoms with E-state index in [0.717, 1.165) is 55.5 Å². The van der Waals surface area contributed by atoms with Gasteiger partial charge >= 0.3 is 0 Å². The van der Waals surface area contributed by atoms with E-state index in [1.807, 2.05) is 25.1 Å². The van der Waals surface area contributed by atoms with Crippen LogP contribution in [0.15, 0.2) is 28.8 Å². The molecule has 1 saturated heterocycles. The van der Waals surface area contributed by atoms with Crippen LogP contribution >= 0.6 is 23.2 Å². The number of fused-ring (bicyclic) bond motifs is 2.